The maximum absolute atomic E-state index is 12.6. The fraction of sp³-hybridized carbons (Fsp3) is 0.438. The number of aromatic nitrogens is 2. The van der Waals surface area contributed by atoms with E-state index in [1.807, 2.05) is 25.5 Å². The standard InChI is InChI=1S/C16H22ClN3O2S/c1-5-20-13(3)16(12(2)18-20)10-11-19(4)23(21,22)15-8-6-14(17)7-9-15/h6-9H,5,10-11H2,1-4H3. The van der Waals surface area contributed by atoms with Crippen molar-refractivity contribution < 1.29 is 8.42 Å². The van der Waals surface area contributed by atoms with E-state index < -0.39 is 10.0 Å². The zero-order valence-corrected chi connectivity index (χ0v) is 15.4. The fourth-order valence-electron chi connectivity index (χ4n) is 2.58. The minimum absolute atomic E-state index is 0.252. The van der Waals surface area contributed by atoms with E-state index in [2.05, 4.69) is 5.10 Å². The maximum Gasteiger partial charge on any atom is 0.242 e. The lowest BCUT2D eigenvalue weighted by Gasteiger charge is -2.17. The predicted molar refractivity (Wildman–Crippen MR) is 92.3 cm³/mol. The Morgan fingerprint density at radius 2 is 1.83 bits per heavy atom. The number of hydrogen-bond acceptors (Lipinski definition) is 3. The van der Waals surface area contributed by atoms with Gasteiger partial charge in [0.2, 0.25) is 10.0 Å². The van der Waals surface area contributed by atoms with E-state index in [1.165, 1.54) is 16.4 Å². The normalized spacial score (nSPS) is 12.1. The van der Waals surface area contributed by atoms with Crippen molar-refractivity contribution in [2.45, 2.75) is 38.6 Å². The van der Waals surface area contributed by atoms with Crippen molar-refractivity contribution in [3.05, 3.63) is 46.2 Å². The smallest absolute Gasteiger partial charge is 0.242 e. The largest absolute Gasteiger partial charge is 0.270 e. The molecule has 0 aliphatic rings. The summed E-state index contributed by atoms with van der Waals surface area (Å²) < 4.78 is 28.4. The van der Waals surface area contributed by atoms with Gasteiger partial charge in [-0.25, -0.2) is 12.7 Å². The molecule has 0 fully saturated rings. The van der Waals surface area contributed by atoms with E-state index in [0.29, 0.717) is 18.0 Å². The van der Waals surface area contributed by atoms with E-state index in [-0.39, 0.29) is 4.90 Å². The molecule has 0 spiro atoms. The first kappa shape index (κ1) is 18.0. The Balaban J connectivity index is 2.14. The van der Waals surface area contributed by atoms with Crippen LogP contribution in [0.1, 0.15) is 23.9 Å². The van der Waals surface area contributed by atoms with Crippen LogP contribution in [0.4, 0.5) is 0 Å². The van der Waals surface area contributed by atoms with Crippen LogP contribution in [-0.2, 0) is 23.0 Å². The second kappa shape index (κ2) is 7.03. The van der Waals surface area contributed by atoms with Crippen LogP contribution in [0, 0.1) is 13.8 Å². The van der Waals surface area contributed by atoms with Crippen molar-refractivity contribution in [3.8, 4) is 0 Å². The van der Waals surface area contributed by atoms with Gasteiger partial charge >= 0.3 is 0 Å². The molecule has 0 radical (unpaired) electrons. The first-order valence-electron chi connectivity index (χ1n) is 7.52. The van der Waals surface area contributed by atoms with Crippen LogP contribution < -0.4 is 0 Å². The number of rotatable bonds is 6. The van der Waals surface area contributed by atoms with Gasteiger partial charge in [-0.15, -0.1) is 0 Å². The van der Waals surface area contributed by atoms with E-state index >= 15 is 0 Å². The van der Waals surface area contributed by atoms with Gasteiger partial charge in [-0.1, -0.05) is 11.6 Å². The third kappa shape index (κ3) is 3.76. The van der Waals surface area contributed by atoms with Gasteiger partial charge < -0.3 is 0 Å². The monoisotopic (exact) mass is 355 g/mol. The second-order valence-corrected chi connectivity index (χ2v) is 7.98. The Morgan fingerprint density at radius 3 is 2.35 bits per heavy atom. The highest BCUT2D eigenvalue weighted by Crippen LogP contribution is 2.19. The molecule has 0 saturated carbocycles. The van der Waals surface area contributed by atoms with Crippen LogP contribution in [0.3, 0.4) is 0 Å². The molecular weight excluding hydrogens is 334 g/mol. The van der Waals surface area contributed by atoms with Gasteiger partial charge in [0, 0.05) is 30.9 Å². The molecule has 1 aromatic heterocycles. The molecule has 0 atom stereocenters. The molecule has 0 amide bonds. The van der Waals surface area contributed by atoms with Crippen LogP contribution in [0.5, 0.6) is 0 Å². The summed E-state index contributed by atoms with van der Waals surface area (Å²) in [6, 6.07) is 6.23. The van der Waals surface area contributed by atoms with Crippen LogP contribution in [-0.4, -0.2) is 36.1 Å². The van der Waals surface area contributed by atoms with Gasteiger partial charge in [0.15, 0.2) is 0 Å². The summed E-state index contributed by atoms with van der Waals surface area (Å²) >= 11 is 5.82. The molecule has 1 aromatic carbocycles. The molecule has 0 aliphatic carbocycles. The minimum Gasteiger partial charge on any atom is -0.270 e. The van der Waals surface area contributed by atoms with Crippen molar-refractivity contribution in [3.63, 3.8) is 0 Å². The molecule has 5 nitrogen and oxygen atoms in total. The van der Waals surface area contributed by atoms with Crippen molar-refractivity contribution in [2.75, 3.05) is 13.6 Å². The van der Waals surface area contributed by atoms with Crippen molar-refractivity contribution in [1.82, 2.24) is 14.1 Å². The fourth-order valence-corrected chi connectivity index (χ4v) is 3.88. The third-order valence-electron chi connectivity index (χ3n) is 4.03. The van der Waals surface area contributed by atoms with Gasteiger partial charge in [-0.3, -0.25) is 4.68 Å². The molecule has 0 aliphatic heterocycles. The summed E-state index contributed by atoms with van der Waals surface area (Å²) in [5, 5.41) is 4.99. The number of nitrogens with zero attached hydrogens (tertiary/aromatic N) is 3. The zero-order chi connectivity index (χ0) is 17.2. The molecule has 0 unspecified atom stereocenters. The van der Waals surface area contributed by atoms with Gasteiger partial charge in [0.1, 0.15) is 0 Å². The summed E-state index contributed by atoms with van der Waals surface area (Å²) in [5.74, 6) is 0. The minimum atomic E-state index is -3.50. The average molecular weight is 356 g/mol. The van der Waals surface area contributed by atoms with E-state index in [0.717, 1.165) is 23.5 Å². The van der Waals surface area contributed by atoms with E-state index in [1.54, 1.807) is 19.2 Å². The van der Waals surface area contributed by atoms with E-state index in [4.69, 9.17) is 11.6 Å². The average Bonchev–Trinajstić information content (AvgIpc) is 2.79. The highest BCUT2D eigenvalue weighted by Gasteiger charge is 2.21. The first-order chi connectivity index (χ1) is 10.8. The lowest BCUT2D eigenvalue weighted by molar-refractivity contribution is 0.472. The lowest BCUT2D eigenvalue weighted by atomic mass is 10.1. The maximum atomic E-state index is 12.6. The third-order valence-corrected chi connectivity index (χ3v) is 6.15. The van der Waals surface area contributed by atoms with Crippen LogP contribution in [0.25, 0.3) is 0 Å². The van der Waals surface area contributed by atoms with Crippen molar-refractivity contribution >= 4 is 21.6 Å². The Labute approximate surface area is 142 Å². The molecule has 23 heavy (non-hydrogen) atoms. The Bertz CT molecular complexity index is 782. The highest BCUT2D eigenvalue weighted by molar-refractivity contribution is 7.89. The number of likely N-dealkylation sites (N-methyl/N-ethyl adjacent to an activating group) is 1. The van der Waals surface area contributed by atoms with Crippen LogP contribution >= 0.6 is 11.6 Å². The molecule has 126 valence electrons. The second-order valence-electron chi connectivity index (χ2n) is 5.50. The number of aryl methyl sites for hydroxylation is 2. The predicted octanol–water partition coefficient (Wildman–Crippen LogP) is 3.04. The zero-order valence-electron chi connectivity index (χ0n) is 13.9. The van der Waals surface area contributed by atoms with Crippen LogP contribution in [0.15, 0.2) is 29.2 Å². The quantitative estimate of drug-likeness (QED) is 0.800. The van der Waals surface area contributed by atoms with Crippen molar-refractivity contribution in [2.24, 2.45) is 0 Å². The van der Waals surface area contributed by atoms with Gasteiger partial charge in [-0.2, -0.15) is 5.10 Å². The summed E-state index contributed by atoms with van der Waals surface area (Å²) in [6.45, 7) is 7.24. The Hall–Kier alpha value is -1.37. The number of hydrogen-bond donors (Lipinski definition) is 0. The SMILES string of the molecule is CCn1nc(C)c(CCN(C)S(=O)(=O)c2ccc(Cl)cc2)c1C. The summed E-state index contributed by atoms with van der Waals surface area (Å²) in [7, 11) is -1.91. The molecule has 7 heteroatoms. The molecule has 2 aromatic rings. The summed E-state index contributed by atoms with van der Waals surface area (Å²) in [4.78, 5) is 0.252. The number of benzene rings is 1. The summed E-state index contributed by atoms with van der Waals surface area (Å²) in [6.07, 6.45) is 0.640. The summed E-state index contributed by atoms with van der Waals surface area (Å²) in [5.41, 5.74) is 3.17. The Morgan fingerprint density at radius 1 is 1.22 bits per heavy atom. The highest BCUT2D eigenvalue weighted by atomic mass is 35.5. The molecule has 0 bridgehead atoms. The number of halogens is 1. The molecule has 1 heterocycles. The Kier molecular flexibility index (Phi) is 5.49. The first-order valence-corrected chi connectivity index (χ1v) is 9.34. The van der Waals surface area contributed by atoms with Gasteiger partial charge in [0.05, 0.1) is 10.6 Å². The van der Waals surface area contributed by atoms with Gasteiger partial charge in [-0.05, 0) is 57.0 Å². The number of sulfonamides is 1. The lowest BCUT2D eigenvalue weighted by Crippen LogP contribution is -2.29. The van der Waals surface area contributed by atoms with Crippen molar-refractivity contribution in [1.29, 1.82) is 0 Å². The molecule has 0 N–H and O–H groups in total. The molecular formula is C16H22ClN3O2S. The van der Waals surface area contributed by atoms with Gasteiger partial charge in [0.25, 0.3) is 0 Å². The van der Waals surface area contributed by atoms with Crippen LogP contribution in [0.2, 0.25) is 5.02 Å². The van der Waals surface area contributed by atoms with E-state index in [9.17, 15) is 8.42 Å². The molecule has 0 saturated heterocycles. The topological polar surface area (TPSA) is 55.2 Å². The molecule has 2 rings (SSSR count).